The number of ether oxygens (including phenoxy) is 1. The number of nitrogens with one attached hydrogen (secondary N) is 1. The van der Waals surface area contributed by atoms with Gasteiger partial charge in [-0.3, -0.25) is 0 Å². The van der Waals surface area contributed by atoms with Gasteiger partial charge < -0.3 is 10.1 Å². The van der Waals surface area contributed by atoms with Gasteiger partial charge in [-0.25, -0.2) is 0 Å². The van der Waals surface area contributed by atoms with Crippen molar-refractivity contribution in [3.8, 4) is 0 Å². The molecule has 0 saturated carbocycles. The van der Waals surface area contributed by atoms with Crippen LogP contribution in [0, 0.1) is 0 Å². The third-order valence-electron chi connectivity index (χ3n) is 2.17. The van der Waals surface area contributed by atoms with Crippen LogP contribution in [0.4, 0.5) is 0 Å². The van der Waals surface area contributed by atoms with Gasteiger partial charge in [-0.05, 0) is 32.1 Å². The minimum Gasteiger partial charge on any atom is -0.384 e. The molecule has 1 N–H and O–H groups in total. The third-order valence-corrected chi connectivity index (χ3v) is 3.21. The average Bonchev–Trinajstić information content (AvgIpc) is 2.17. The Bertz CT molecular complexity index is 96.9. The van der Waals surface area contributed by atoms with Crippen LogP contribution in [0.15, 0.2) is 0 Å². The lowest BCUT2D eigenvalue weighted by molar-refractivity contribution is 0.218. The molecule has 0 aromatic carbocycles. The van der Waals surface area contributed by atoms with Gasteiger partial charge in [0, 0.05) is 18.9 Å². The van der Waals surface area contributed by atoms with Crippen LogP contribution >= 0.6 is 11.8 Å². The molecule has 3 heteroatoms. The monoisotopic (exact) mass is 205 g/mol. The molecule has 0 aliphatic heterocycles. The van der Waals surface area contributed by atoms with Gasteiger partial charge in [-0.2, -0.15) is 11.8 Å². The Balaban J connectivity index is 3.05. The topological polar surface area (TPSA) is 21.3 Å². The quantitative estimate of drug-likeness (QED) is 0.583. The summed E-state index contributed by atoms with van der Waals surface area (Å²) in [7, 11) is 3.81. The summed E-state index contributed by atoms with van der Waals surface area (Å²) in [5.74, 6) is 2.40. The van der Waals surface area contributed by atoms with Crippen LogP contribution in [0.25, 0.3) is 0 Å². The van der Waals surface area contributed by atoms with Crippen molar-refractivity contribution >= 4 is 11.8 Å². The molecule has 80 valence electrons. The van der Waals surface area contributed by atoms with Crippen LogP contribution in [-0.4, -0.2) is 38.3 Å². The Morgan fingerprint density at radius 3 is 2.69 bits per heavy atom. The predicted molar refractivity (Wildman–Crippen MR) is 61.6 cm³/mol. The van der Waals surface area contributed by atoms with E-state index in [-0.39, 0.29) is 0 Å². The summed E-state index contributed by atoms with van der Waals surface area (Å²) >= 11 is 1.99. The van der Waals surface area contributed by atoms with E-state index in [0.717, 1.165) is 12.4 Å². The maximum atomic E-state index is 4.98. The Morgan fingerprint density at radius 2 is 2.15 bits per heavy atom. The van der Waals surface area contributed by atoms with Crippen LogP contribution in [-0.2, 0) is 4.74 Å². The van der Waals surface area contributed by atoms with Crippen molar-refractivity contribution in [1.82, 2.24) is 5.32 Å². The SMILES string of the molecule is CCC(CCCSCCOC)NC. The van der Waals surface area contributed by atoms with E-state index in [1.807, 2.05) is 18.8 Å². The number of methoxy groups -OCH3 is 1. The maximum absolute atomic E-state index is 4.98. The molecule has 0 rings (SSSR count). The minimum atomic E-state index is 0.711. The van der Waals surface area contributed by atoms with Gasteiger partial charge in [0.05, 0.1) is 6.61 Å². The van der Waals surface area contributed by atoms with Crippen LogP contribution < -0.4 is 5.32 Å². The first-order valence-corrected chi connectivity index (χ1v) is 6.24. The van der Waals surface area contributed by atoms with Gasteiger partial charge in [0.1, 0.15) is 0 Å². The lowest BCUT2D eigenvalue weighted by Crippen LogP contribution is -2.23. The van der Waals surface area contributed by atoms with Crippen molar-refractivity contribution in [2.45, 2.75) is 32.2 Å². The maximum Gasteiger partial charge on any atom is 0.0552 e. The van der Waals surface area contributed by atoms with Gasteiger partial charge in [0.15, 0.2) is 0 Å². The number of hydrogen-bond acceptors (Lipinski definition) is 3. The molecule has 0 spiro atoms. The van der Waals surface area contributed by atoms with Crippen molar-refractivity contribution < 1.29 is 4.74 Å². The standard InChI is InChI=1S/C10H23NOS/c1-4-10(11-2)6-5-8-13-9-7-12-3/h10-11H,4-9H2,1-3H3. The van der Waals surface area contributed by atoms with Crippen LogP contribution in [0.5, 0.6) is 0 Å². The Labute approximate surface area is 86.8 Å². The zero-order chi connectivity index (χ0) is 9.94. The Morgan fingerprint density at radius 1 is 1.38 bits per heavy atom. The normalized spacial score (nSPS) is 13.2. The summed E-state index contributed by atoms with van der Waals surface area (Å²) < 4.78 is 4.98. The molecular weight excluding hydrogens is 182 g/mol. The molecule has 0 radical (unpaired) electrons. The molecule has 0 aliphatic rings. The molecule has 13 heavy (non-hydrogen) atoms. The molecule has 0 bridgehead atoms. The zero-order valence-electron chi connectivity index (χ0n) is 9.14. The van der Waals surface area contributed by atoms with E-state index in [1.54, 1.807) is 7.11 Å². The highest BCUT2D eigenvalue weighted by molar-refractivity contribution is 7.99. The second-order valence-corrected chi connectivity index (χ2v) is 4.37. The number of rotatable bonds is 9. The van der Waals surface area contributed by atoms with Crippen molar-refractivity contribution in [2.75, 3.05) is 32.3 Å². The summed E-state index contributed by atoms with van der Waals surface area (Å²) in [6.45, 7) is 3.12. The van der Waals surface area contributed by atoms with E-state index in [0.29, 0.717) is 6.04 Å². The summed E-state index contributed by atoms with van der Waals surface area (Å²) in [5.41, 5.74) is 0. The van der Waals surface area contributed by atoms with Gasteiger partial charge in [-0.15, -0.1) is 0 Å². The fourth-order valence-corrected chi connectivity index (χ4v) is 2.09. The lowest BCUT2D eigenvalue weighted by Gasteiger charge is -2.12. The van der Waals surface area contributed by atoms with Gasteiger partial charge in [0.2, 0.25) is 0 Å². The molecule has 0 heterocycles. The second-order valence-electron chi connectivity index (χ2n) is 3.14. The summed E-state index contributed by atoms with van der Waals surface area (Å²) in [5, 5.41) is 3.32. The van der Waals surface area contributed by atoms with E-state index in [9.17, 15) is 0 Å². The number of thioether (sulfide) groups is 1. The van der Waals surface area contributed by atoms with Crippen molar-refractivity contribution in [1.29, 1.82) is 0 Å². The molecular formula is C10H23NOS. The van der Waals surface area contributed by atoms with Crippen LogP contribution in [0.3, 0.4) is 0 Å². The van der Waals surface area contributed by atoms with E-state index >= 15 is 0 Å². The predicted octanol–water partition coefficient (Wildman–Crippen LogP) is 2.14. The largest absolute Gasteiger partial charge is 0.384 e. The minimum absolute atomic E-state index is 0.711. The Hall–Kier alpha value is 0.270. The van der Waals surface area contributed by atoms with E-state index < -0.39 is 0 Å². The molecule has 2 nitrogen and oxygen atoms in total. The zero-order valence-corrected chi connectivity index (χ0v) is 9.95. The first-order chi connectivity index (χ1) is 6.35. The van der Waals surface area contributed by atoms with Gasteiger partial charge in [0.25, 0.3) is 0 Å². The fraction of sp³-hybridized carbons (Fsp3) is 1.00. The first kappa shape index (κ1) is 13.3. The summed E-state index contributed by atoms with van der Waals surface area (Å²) in [6, 6.07) is 0.711. The van der Waals surface area contributed by atoms with E-state index in [4.69, 9.17) is 4.74 Å². The van der Waals surface area contributed by atoms with Gasteiger partial charge >= 0.3 is 0 Å². The molecule has 0 aliphatic carbocycles. The van der Waals surface area contributed by atoms with E-state index in [2.05, 4.69) is 12.2 Å². The molecule has 1 unspecified atom stereocenters. The highest BCUT2D eigenvalue weighted by atomic mass is 32.2. The van der Waals surface area contributed by atoms with E-state index in [1.165, 1.54) is 25.0 Å². The molecule has 0 amide bonds. The summed E-state index contributed by atoms with van der Waals surface area (Å²) in [6.07, 6.45) is 3.85. The molecule has 0 aromatic rings. The molecule has 0 fully saturated rings. The van der Waals surface area contributed by atoms with Gasteiger partial charge in [-0.1, -0.05) is 6.92 Å². The molecule has 0 saturated heterocycles. The van der Waals surface area contributed by atoms with Crippen molar-refractivity contribution in [2.24, 2.45) is 0 Å². The fourth-order valence-electron chi connectivity index (χ4n) is 1.23. The van der Waals surface area contributed by atoms with Crippen molar-refractivity contribution in [3.63, 3.8) is 0 Å². The summed E-state index contributed by atoms with van der Waals surface area (Å²) in [4.78, 5) is 0. The molecule has 1 atom stereocenters. The number of hydrogen-bond donors (Lipinski definition) is 1. The smallest absolute Gasteiger partial charge is 0.0552 e. The second kappa shape index (κ2) is 10.4. The highest BCUT2D eigenvalue weighted by Gasteiger charge is 2.01. The highest BCUT2D eigenvalue weighted by Crippen LogP contribution is 2.07. The molecule has 0 aromatic heterocycles. The van der Waals surface area contributed by atoms with Crippen LogP contribution in [0.1, 0.15) is 26.2 Å². The third kappa shape index (κ3) is 8.60. The first-order valence-electron chi connectivity index (χ1n) is 5.09. The lowest BCUT2D eigenvalue weighted by atomic mass is 10.1. The van der Waals surface area contributed by atoms with Crippen LogP contribution in [0.2, 0.25) is 0 Å². The average molecular weight is 205 g/mol. The Kier molecular flexibility index (Phi) is 10.6. The van der Waals surface area contributed by atoms with Crippen molar-refractivity contribution in [3.05, 3.63) is 0 Å².